The van der Waals surface area contributed by atoms with E-state index in [1.54, 1.807) is 0 Å². The second-order valence-corrected chi connectivity index (χ2v) is 5.58. The number of hydrogen-bond acceptors (Lipinski definition) is 3. The largest absolute Gasteiger partial charge is 0.394 e. The molecule has 0 spiro atoms. The van der Waals surface area contributed by atoms with Crippen LogP contribution in [0.5, 0.6) is 0 Å². The summed E-state index contributed by atoms with van der Waals surface area (Å²) >= 11 is 0. The number of unbranched alkanes of at least 4 members (excludes halogenated alkanes) is 6. The van der Waals surface area contributed by atoms with E-state index in [1.807, 2.05) is 0 Å². The Balaban J connectivity index is 3.81. The lowest BCUT2D eigenvalue weighted by atomic mass is 10.0. The summed E-state index contributed by atoms with van der Waals surface area (Å²) in [4.78, 5) is 11.7. The number of hydrogen-bond donors (Lipinski definition) is 3. The van der Waals surface area contributed by atoms with E-state index in [0.29, 0.717) is 12.8 Å². The minimum absolute atomic E-state index is 0.0601. The molecule has 0 fully saturated rings. The van der Waals surface area contributed by atoms with Gasteiger partial charge in [0.15, 0.2) is 0 Å². The van der Waals surface area contributed by atoms with Crippen molar-refractivity contribution < 1.29 is 15.0 Å². The summed E-state index contributed by atoms with van der Waals surface area (Å²) in [7, 11) is 0. The van der Waals surface area contributed by atoms with Crippen molar-refractivity contribution in [3.05, 3.63) is 0 Å². The van der Waals surface area contributed by atoms with Gasteiger partial charge in [-0.3, -0.25) is 4.79 Å². The summed E-state index contributed by atoms with van der Waals surface area (Å²) in [5, 5.41) is 22.0. The van der Waals surface area contributed by atoms with Crippen LogP contribution in [0.15, 0.2) is 0 Å². The summed E-state index contributed by atoms with van der Waals surface area (Å²) in [6.07, 6.45) is 9.13. The predicted molar refractivity (Wildman–Crippen MR) is 82.5 cm³/mol. The van der Waals surface area contributed by atoms with E-state index in [-0.39, 0.29) is 12.5 Å². The van der Waals surface area contributed by atoms with Crippen LogP contribution in [-0.4, -0.2) is 34.9 Å². The fraction of sp³-hybridized carbons (Fsp3) is 0.938. The lowest BCUT2D eigenvalue weighted by Crippen LogP contribution is -2.45. The van der Waals surface area contributed by atoms with Gasteiger partial charge in [-0.15, -0.1) is 0 Å². The molecule has 0 aliphatic carbocycles. The molecule has 1 amide bonds. The van der Waals surface area contributed by atoms with E-state index in [2.05, 4.69) is 19.2 Å². The number of carbonyl (C=O) groups is 1. The lowest BCUT2D eigenvalue weighted by molar-refractivity contribution is -0.123. The maximum atomic E-state index is 11.7. The van der Waals surface area contributed by atoms with Crippen molar-refractivity contribution in [2.24, 2.45) is 0 Å². The molecule has 2 unspecified atom stereocenters. The topological polar surface area (TPSA) is 69.6 Å². The molecular formula is C16H33NO3. The summed E-state index contributed by atoms with van der Waals surface area (Å²) in [5.41, 5.74) is 0. The molecule has 0 radical (unpaired) electrons. The zero-order valence-electron chi connectivity index (χ0n) is 13.2. The minimum Gasteiger partial charge on any atom is -0.394 e. The molecule has 0 bridgehead atoms. The molecule has 0 aromatic heterocycles. The lowest BCUT2D eigenvalue weighted by Gasteiger charge is -2.22. The van der Waals surface area contributed by atoms with Crippen LogP contribution in [0.1, 0.15) is 78.1 Å². The summed E-state index contributed by atoms with van der Waals surface area (Å²) in [6, 6.07) is -0.519. The first-order chi connectivity index (χ1) is 9.65. The van der Waals surface area contributed by atoms with E-state index in [9.17, 15) is 15.0 Å². The highest BCUT2D eigenvalue weighted by atomic mass is 16.3. The molecule has 20 heavy (non-hydrogen) atoms. The third kappa shape index (κ3) is 10.2. The molecular weight excluding hydrogens is 254 g/mol. The molecule has 4 nitrogen and oxygen atoms in total. The van der Waals surface area contributed by atoms with Gasteiger partial charge in [-0.2, -0.15) is 0 Å². The maximum absolute atomic E-state index is 11.7. The highest BCUT2D eigenvalue weighted by Gasteiger charge is 2.19. The third-order valence-electron chi connectivity index (χ3n) is 3.62. The van der Waals surface area contributed by atoms with Crippen molar-refractivity contribution in [3.63, 3.8) is 0 Å². The Hall–Kier alpha value is -0.610. The summed E-state index contributed by atoms with van der Waals surface area (Å²) in [6.45, 7) is 4.07. The maximum Gasteiger partial charge on any atom is 0.220 e. The van der Waals surface area contributed by atoms with Gasteiger partial charge in [0.05, 0.1) is 18.8 Å². The van der Waals surface area contributed by atoms with Gasteiger partial charge in [0.2, 0.25) is 5.91 Å². The van der Waals surface area contributed by atoms with Crippen molar-refractivity contribution >= 4 is 5.91 Å². The quantitative estimate of drug-likeness (QED) is 0.456. The smallest absolute Gasteiger partial charge is 0.220 e. The molecule has 4 heteroatoms. The van der Waals surface area contributed by atoms with Gasteiger partial charge in [-0.25, -0.2) is 0 Å². The molecule has 0 aliphatic rings. The number of aliphatic hydroxyl groups is 2. The Morgan fingerprint density at radius 1 is 1.00 bits per heavy atom. The summed E-state index contributed by atoms with van der Waals surface area (Å²) in [5.74, 6) is -0.0601. The first-order valence-corrected chi connectivity index (χ1v) is 8.23. The highest BCUT2D eigenvalue weighted by molar-refractivity contribution is 5.76. The van der Waals surface area contributed by atoms with Crippen LogP contribution in [0.2, 0.25) is 0 Å². The van der Waals surface area contributed by atoms with Gasteiger partial charge >= 0.3 is 0 Å². The Morgan fingerprint density at radius 3 is 2.20 bits per heavy atom. The van der Waals surface area contributed by atoms with Crippen LogP contribution in [0.25, 0.3) is 0 Å². The standard InChI is InChI=1S/C16H33NO3/c1-3-5-7-8-10-12-16(20)17-14(13-18)15(19)11-9-6-4-2/h14-15,18-19H,3-13H2,1-2H3,(H,17,20). The van der Waals surface area contributed by atoms with Crippen LogP contribution < -0.4 is 5.32 Å². The number of amides is 1. The molecule has 0 aromatic carbocycles. The average Bonchev–Trinajstić information content (AvgIpc) is 2.44. The molecule has 0 aliphatic heterocycles. The zero-order valence-corrected chi connectivity index (χ0v) is 13.2. The molecule has 120 valence electrons. The Bertz CT molecular complexity index is 234. The van der Waals surface area contributed by atoms with Crippen molar-refractivity contribution in [1.82, 2.24) is 5.32 Å². The Morgan fingerprint density at radius 2 is 1.60 bits per heavy atom. The average molecular weight is 287 g/mol. The third-order valence-corrected chi connectivity index (χ3v) is 3.62. The first kappa shape index (κ1) is 19.4. The molecule has 0 aromatic rings. The van der Waals surface area contributed by atoms with Crippen molar-refractivity contribution in [2.45, 2.75) is 90.2 Å². The fourth-order valence-corrected chi connectivity index (χ4v) is 2.24. The van der Waals surface area contributed by atoms with Gasteiger partial charge in [0.25, 0.3) is 0 Å². The van der Waals surface area contributed by atoms with E-state index in [1.165, 1.54) is 19.3 Å². The second-order valence-electron chi connectivity index (χ2n) is 5.58. The Kier molecular flexibility index (Phi) is 13.0. The van der Waals surface area contributed by atoms with Gasteiger partial charge in [-0.1, -0.05) is 58.8 Å². The van der Waals surface area contributed by atoms with Crippen LogP contribution >= 0.6 is 0 Å². The van der Waals surface area contributed by atoms with Crippen LogP contribution in [0.4, 0.5) is 0 Å². The van der Waals surface area contributed by atoms with E-state index in [0.717, 1.165) is 32.1 Å². The fourth-order valence-electron chi connectivity index (χ4n) is 2.24. The molecule has 0 heterocycles. The first-order valence-electron chi connectivity index (χ1n) is 8.23. The van der Waals surface area contributed by atoms with Gasteiger partial charge < -0.3 is 15.5 Å². The molecule has 3 N–H and O–H groups in total. The second kappa shape index (κ2) is 13.4. The van der Waals surface area contributed by atoms with Crippen LogP contribution in [0, 0.1) is 0 Å². The molecule has 2 atom stereocenters. The number of aliphatic hydroxyl groups excluding tert-OH is 2. The normalized spacial score (nSPS) is 14.0. The van der Waals surface area contributed by atoms with Crippen molar-refractivity contribution in [2.75, 3.05) is 6.61 Å². The van der Waals surface area contributed by atoms with Crippen molar-refractivity contribution in [3.8, 4) is 0 Å². The summed E-state index contributed by atoms with van der Waals surface area (Å²) < 4.78 is 0. The van der Waals surface area contributed by atoms with Gasteiger partial charge in [0.1, 0.15) is 0 Å². The van der Waals surface area contributed by atoms with Crippen LogP contribution in [0.3, 0.4) is 0 Å². The van der Waals surface area contributed by atoms with Crippen molar-refractivity contribution in [1.29, 1.82) is 0 Å². The van der Waals surface area contributed by atoms with Gasteiger partial charge in [-0.05, 0) is 12.8 Å². The molecule has 0 saturated carbocycles. The number of rotatable bonds is 13. The van der Waals surface area contributed by atoms with E-state index in [4.69, 9.17) is 0 Å². The Labute approximate surface area is 124 Å². The zero-order chi connectivity index (χ0) is 15.2. The SMILES string of the molecule is CCCCCCCC(=O)NC(CO)C(O)CCCCC. The number of carbonyl (C=O) groups excluding carboxylic acids is 1. The monoisotopic (exact) mass is 287 g/mol. The minimum atomic E-state index is -0.643. The van der Waals surface area contributed by atoms with Crippen LogP contribution in [-0.2, 0) is 4.79 Å². The van der Waals surface area contributed by atoms with E-state index < -0.39 is 12.1 Å². The molecule has 0 saturated heterocycles. The van der Waals surface area contributed by atoms with Gasteiger partial charge in [0, 0.05) is 6.42 Å². The number of nitrogens with one attached hydrogen (secondary N) is 1. The van der Waals surface area contributed by atoms with E-state index >= 15 is 0 Å². The highest BCUT2D eigenvalue weighted by Crippen LogP contribution is 2.08. The molecule has 0 rings (SSSR count). The predicted octanol–water partition coefficient (Wildman–Crippen LogP) is 2.77.